The lowest BCUT2D eigenvalue weighted by Crippen LogP contribution is -2.28. The van der Waals surface area contributed by atoms with E-state index in [1.165, 1.54) is 12.4 Å². The van der Waals surface area contributed by atoms with Gasteiger partial charge in [-0.3, -0.25) is 4.98 Å². The molecule has 1 rings (SSSR count). The van der Waals surface area contributed by atoms with E-state index in [0.29, 0.717) is 18.1 Å². The molecule has 0 aliphatic carbocycles. The monoisotopic (exact) mass is 239 g/mol. The molecule has 0 aliphatic heterocycles. The highest BCUT2D eigenvalue weighted by Crippen LogP contribution is 2.12. The lowest BCUT2D eigenvalue weighted by molar-refractivity contribution is -0.137. The number of rotatable bonds is 6. The number of aromatic nitrogens is 2. The first-order valence-electron chi connectivity index (χ1n) is 5.51. The Balaban J connectivity index is 2.74. The number of anilines is 1. The van der Waals surface area contributed by atoms with Crippen LogP contribution in [0.4, 0.5) is 5.82 Å². The van der Waals surface area contributed by atoms with Crippen molar-refractivity contribution in [2.45, 2.75) is 39.3 Å². The Labute approximate surface area is 100 Å². The van der Waals surface area contributed by atoms with Gasteiger partial charge in [-0.2, -0.15) is 4.98 Å². The minimum atomic E-state index is -0.913. The van der Waals surface area contributed by atoms with E-state index in [2.05, 4.69) is 15.3 Å². The second-order valence-corrected chi connectivity index (χ2v) is 3.85. The van der Waals surface area contributed by atoms with Gasteiger partial charge in [0.2, 0.25) is 5.88 Å². The van der Waals surface area contributed by atoms with Gasteiger partial charge in [-0.1, -0.05) is 6.92 Å². The topological polar surface area (TPSA) is 84.3 Å². The van der Waals surface area contributed by atoms with Gasteiger partial charge < -0.3 is 15.2 Å². The first-order valence-corrected chi connectivity index (χ1v) is 5.51. The third kappa shape index (κ3) is 4.26. The van der Waals surface area contributed by atoms with Crippen LogP contribution in [0.3, 0.4) is 0 Å². The van der Waals surface area contributed by atoms with E-state index < -0.39 is 12.0 Å². The van der Waals surface area contributed by atoms with E-state index >= 15 is 0 Å². The molecule has 0 aliphatic rings. The van der Waals surface area contributed by atoms with E-state index in [4.69, 9.17) is 9.84 Å². The quantitative estimate of drug-likeness (QED) is 0.783. The zero-order chi connectivity index (χ0) is 12.8. The zero-order valence-corrected chi connectivity index (χ0v) is 10.2. The number of hydrogen-bond acceptors (Lipinski definition) is 5. The Morgan fingerprint density at radius 1 is 1.53 bits per heavy atom. The van der Waals surface area contributed by atoms with Gasteiger partial charge in [-0.25, -0.2) is 4.79 Å². The normalized spacial score (nSPS) is 12.2. The molecule has 0 radical (unpaired) electrons. The zero-order valence-electron chi connectivity index (χ0n) is 10.2. The summed E-state index contributed by atoms with van der Waals surface area (Å²) in [6.07, 6.45) is 3.43. The molecule has 0 bridgehead atoms. The van der Waals surface area contributed by atoms with E-state index in [-0.39, 0.29) is 6.10 Å². The second kappa shape index (κ2) is 6.03. The average molecular weight is 239 g/mol. The summed E-state index contributed by atoms with van der Waals surface area (Å²) >= 11 is 0. The summed E-state index contributed by atoms with van der Waals surface area (Å²) in [6, 6.07) is -0.668. The molecule has 6 heteroatoms. The maximum Gasteiger partial charge on any atom is 0.326 e. The Kier molecular flexibility index (Phi) is 4.68. The van der Waals surface area contributed by atoms with Gasteiger partial charge in [-0.05, 0) is 20.3 Å². The standard InChI is InChI=1S/C11H17N3O3/c1-4-8(11(15)16)13-9-5-12-6-10(14-9)17-7(2)3/h5-8H,4H2,1-3H3,(H,13,14)(H,15,16). The number of carboxylic acids is 1. The molecule has 0 fully saturated rings. The first kappa shape index (κ1) is 13.2. The molecule has 0 aromatic carbocycles. The minimum absolute atomic E-state index is 0.000922. The number of nitrogens with one attached hydrogen (secondary N) is 1. The summed E-state index contributed by atoms with van der Waals surface area (Å²) in [5, 5.41) is 11.7. The number of hydrogen-bond donors (Lipinski definition) is 2. The highest BCUT2D eigenvalue weighted by atomic mass is 16.5. The Hall–Kier alpha value is -1.85. The molecule has 1 aromatic rings. The van der Waals surface area contributed by atoms with Gasteiger partial charge in [0.15, 0.2) is 0 Å². The number of ether oxygens (including phenoxy) is 1. The Bertz CT molecular complexity index is 382. The lowest BCUT2D eigenvalue weighted by Gasteiger charge is -2.14. The highest BCUT2D eigenvalue weighted by molar-refractivity contribution is 5.76. The molecule has 0 saturated carbocycles. The summed E-state index contributed by atoms with van der Waals surface area (Å²) < 4.78 is 5.37. The molecule has 0 amide bonds. The van der Waals surface area contributed by atoms with Gasteiger partial charge in [-0.15, -0.1) is 0 Å². The van der Waals surface area contributed by atoms with E-state index in [9.17, 15) is 4.79 Å². The summed E-state index contributed by atoms with van der Waals surface area (Å²) in [6.45, 7) is 5.55. The fourth-order valence-corrected chi connectivity index (χ4v) is 1.23. The van der Waals surface area contributed by atoms with Crippen LogP contribution in [0, 0.1) is 0 Å². The van der Waals surface area contributed by atoms with Crippen molar-refractivity contribution in [2.24, 2.45) is 0 Å². The van der Waals surface area contributed by atoms with Crippen LogP contribution in [0.15, 0.2) is 12.4 Å². The van der Waals surface area contributed by atoms with Crippen molar-refractivity contribution in [3.8, 4) is 5.88 Å². The smallest absolute Gasteiger partial charge is 0.326 e. The predicted octanol–water partition coefficient (Wildman–Crippen LogP) is 1.54. The van der Waals surface area contributed by atoms with Crippen molar-refractivity contribution in [1.82, 2.24) is 9.97 Å². The average Bonchev–Trinajstić information content (AvgIpc) is 2.25. The SMILES string of the molecule is CCC(Nc1cncc(OC(C)C)n1)C(=O)O. The highest BCUT2D eigenvalue weighted by Gasteiger charge is 2.15. The van der Waals surface area contributed by atoms with Crippen molar-refractivity contribution in [3.05, 3.63) is 12.4 Å². The molecular formula is C11H17N3O3. The van der Waals surface area contributed by atoms with Crippen molar-refractivity contribution in [1.29, 1.82) is 0 Å². The summed E-state index contributed by atoms with van der Waals surface area (Å²) in [7, 11) is 0. The van der Waals surface area contributed by atoms with Crippen molar-refractivity contribution in [2.75, 3.05) is 5.32 Å². The summed E-state index contributed by atoms with van der Waals surface area (Å²) in [5.74, 6) is -0.132. The minimum Gasteiger partial charge on any atom is -0.480 e. The molecule has 1 heterocycles. The fraction of sp³-hybridized carbons (Fsp3) is 0.545. The van der Waals surface area contributed by atoms with Crippen molar-refractivity contribution < 1.29 is 14.6 Å². The second-order valence-electron chi connectivity index (χ2n) is 3.85. The van der Waals surface area contributed by atoms with Gasteiger partial charge in [0.25, 0.3) is 0 Å². The number of nitrogens with zero attached hydrogens (tertiary/aromatic N) is 2. The van der Waals surface area contributed by atoms with Crippen LogP contribution in [0.1, 0.15) is 27.2 Å². The number of aliphatic carboxylic acids is 1. The third-order valence-electron chi connectivity index (χ3n) is 2.00. The molecular weight excluding hydrogens is 222 g/mol. The Morgan fingerprint density at radius 2 is 2.24 bits per heavy atom. The molecule has 1 unspecified atom stereocenters. The van der Waals surface area contributed by atoms with E-state index in [1.807, 2.05) is 13.8 Å². The number of carboxylic acid groups (broad SMARTS) is 1. The Morgan fingerprint density at radius 3 is 2.76 bits per heavy atom. The third-order valence-corrected chi connectivity index (χ3v) is 2.00. The first-order chi connectivity index (χ1) is 8.02. The maximum atomic E-state index is 10.9. The molecule has 6 nitrogen and oxygen atoms in total. The fourth-order valence-electron chi connectivity index (χ4n) is 1.23. The van der Waals surface area contributed by atoms with Crippen LogP contribution < -0.4 is 10.1 Å². The molecule has 1 atom stereocenters. The van der Waals surface area contributed by atoms with Crippen LogP contribution >= 0.6 is 0 Å². The molecule has 0 spiro atoms. The molecule has 94 valence electrons. The molecule has 0 saturated heterocycles. The summed E-state index contributed by atoms with van der Waals surface area (Å²) in [5.41, 5.74) is 0. The summed E-state index contributed by atoms with van der Waals surface area (Å²) in [4.78, 5) is 18.9. The molecule has 17 heavy (non-hydrogen) atoms. The van der Waals surface area contributed by atoms with E-state index in [1.54, 1.807) is 6.92 Å². The van der Waals surface area contributed by atoms with Crippen LogP contribution in [0.25, 0.3) is 0 Å². The van der Waals surface area contributed by atoms with Crippen LogP contribution in [-0.4, -0.2) is 33.2 Å². The largest absolute Gasteiger partial charge is 0.480 e. The van der Waals surface area contributed by atoms with Gasteiger partial charge in [0.1, 0.15) is 11.9 Å². The maximum absolute atomic E-state index is 10.9. The van der Waals surface area contributed by atoms with Gasteiger partial charge in [0, 0.05) is 0 Å². The van der Waals surface area contributed by atoms with Crippen LogP contribution in [0.2, 0.25) is 0 Å². The van der Waals surface area contributed by atoms with Crippen molar-refractivity contribution >= 4 is 11.8 Å². The molecule has 1 aromatic heterocycles. The van der Waals surface area contributed by atoms with Gasteiger partial charge in [0.05, 0.1) is 18.5 Å². The predicted molar refractivity (Wildman–Crippen MR) is 63.1 cm³/mol. The van der Waals surface area contributed by atoms with Gasteiger partial charge >= 0.3 is 5.97 Å². The van der Waals surface area contributed by atoms with Crippen LogP contribution in [0.5, 0.6) is 5.88 Å². The van der Waals surface area contributed by atoms with Crippen molar-refractivity contribution in [3.63, 3.8) is 0 Å². The molecule has 2 N–H and O–H groups in total. The van der Waals surface area contributed by atoms with Crippen LogP contribution in [-0.2, 0) is 4.79 Å². The number of carbonyl (C=O) groups is 1. The van der Waals surface area contributed by atoms with E-state index in [0.717, 1.165) is 0 Å². The lowest BCUT2D eigenvalue weighted by atomic mass is 10.2.